The van der Waals surface area contributed by atoms with Crippen LogP contribution in [0.5, 0.6) is 5.75 Å². The average Bonchev–Trinajstić information content (AvgIpc) is 3.31. The van der Waals surface area contributed by atoms with Crippen LogP contribution < -0.4 is 26.4 Å². The lowest BCUT2D eigenvalue weighted by molar-refractivity contribution is 0.340. The van der Waals surface area contributed by atoms with Crippen molar-refractivity contribution in [3.05, 3.63) is 71.9 Å². The first-order chi connectivity index (χ1) is 17.6. The first-order valence-corrected chi connectivity index (χ1v) is 12.8. The maximum atomic E-state index is 6.14. The zero-order valence-electron chi connectivity index (χ0n) is 21.0. The minimum Gasteiger partial charge on any atom is -0.494 e. The van der Waals surface area contributed by atoms with Crippen LogP contribution >= 0.6 is 0 Å². The number of anilines is 4. The number of rotatable bonds is 9. The van der Waals surface area contributed by atoms with Gasteiger partial charge in [0.1, 0.15) is 23.1 Å². The van der Waals surface area contributed by atoms with Gasteiger partial charge < -0.3 is 26.4 Å². The molecule has 0 aliphatic heterocycles. The lowest BCUT2D eigenvalue weighted by atomic mass is 9.92. The van der Waals surface area contributed by atoms with Gasteiger partial charge in [0.05, 0.1) is 12.8 Å². The fourth-order valence-electron chi connectivity index (χ4n) is 4.67. The third-order valence-electron chi connectivity index (χ3n) is 6.75. The van der Waals surface area contributed by atoms with E-state index in [9.17, 15) is 0 Å². The highest BCUT2D eigenvalue weighted by atomic mass is 16.5. The molecule has 8 heteroatoms. The fraction of sp³-hybridized carbons (Fsp3) is 0.357. The Kier molecular flexibility index (Phi) is 7.23. The predicted molar refractivity (Wildman–Crippen MR) is 146 cm³/mol. The number of nitrogens with two attached hydrogens (primary N) is 1. The molecule has 0 radical (unpaired) electrons. The van der Waals surface area contributed by atoms with Crippen LogP contribution in [0.25, 0.3) is 5.65 Å². The summed E-state index contributed by atoms with van der Waals surface area (Å²) in [7, 11) is 0. The second-order valence-electron chi connectivity index (χ2n) is 9.41. The van der Waals surface area contributed by atoms with Gasteiger partial charge in [-0.15, -0.1) is 0 Å². The van der Waals surface area contributed by atoms with Crippen LogP contribution in [0.3, 0.4) is 0 Å². The van der Waals surface area contributed by atoms with Crippen LogP contribution in [0.4, 0.5) is 23.0 Å². The van der Waals surface area contributed by atoms with Crippen molar-refractivity contribution in [1.82, 2.24) is 14.6 Å². The topological polar surface area (TPSA) is 102 Å². The summed E-state index contributed by atoms with van der Waals surface area (Å²) in [6.07, 6.45) is 6.01. The number of nitrogens with zero attached hydrogens (tertiary/aromatic N) is 3. The van der Waals surface area contributed by atoms with Gasteiger partial charge in [-0.1, -0.05) is 30.3 Å². The maximum absolute atomic E-state index is 6.14. The van der Waals surface area contributed by atoms with E-state index >= 15 is 0 Å². The Hall–Kier alpha value is -3.78. The lowest BCUT2D eigenvalue weighted by Gasteiger charge is -2.28. The fourth-order valence-corrected chi connectivity index (χ4v) is 4.67. The highest BCUT2D eigenvalue weighted by molar-refractivity contribution is 5.76. The SMILES string of the molecule is CCOc1ccc(Nc2c(C)c(NC3CCC(N)CC3)nc3c(NCc4ccccc4)cnn23)cc1. The molecule has 8 nitrogen and oxygen atoms in total. The summed E-state index contributed by atoms with van der Waals surface area (Å²) in [6.45, 7) is 5.41. The largest absolute Gasteiger partial charge is 0.494 e. The number of hydrogen-bond acceptors (Lipinski definition) is 7. The zero-order valence-corrected chi connectivity index (χ0v) is 21.0. The van der Waals surface area contributed by atoms with Gasteiger partial charge in [0.25, 0.3) is 0 Å². The van der Waals surface area contributed by atoms with E-state index in [4.69, 9.17) is 20.6 Å². The molecule has 4 aromatic rings. The number of fused-ring (bicyclic) bond motifs is 1. The molecular weight excluding hydrogens is 450 g/mol. The third kappa shape index (κ3) is 5.39. The number of ether oxygens (including phenoxy) is 1. The van der Waals surface area contributed by atoms with E-state index in [1.165, 1.54) is 5.56 Å². The molecule has 5 rings (SSSR count). The van der Waals surface area contributed by atoms with Crippen LogP contribution in [0.15, 0.2) is 60.8 Å². The Balaban J connectivity index is 1.47. The van der Waals surface area contributed by atoms with Crippen molar-refractivity contribution in [3.8, 4) is 5.75 Å². The van der Waals surface area contributed by atoms with Gasteiger partial charge in [0, 0.05) is 29.9 Å². The molecule has 0 saturated heterocycles. The van der Waals surface area contributed by atoms with Crippen molar-refractivity contribution in [2.75, 3.05) is 22.6 Å². The molecule has 1 saturated carbocycles. The summed E-state index contributed by atoms with van der Waals surface area (Å²) in [5.74, 6) is 2.61. The van der Waals surface area contributed by atoms with E-state index in [1.807, 2.05) is 60.1 Å². The van der Waals surface area contributed by atoms with Gasteiger partial charge in [-0.3, -0.25) is 0 Å². The van der Waals surface area contributed by atoms with E-state index in [0.29, 0.717) is 25.2 Å². The highest BCUT2D eigenvalue weighted by Gasteiger charge is 2.22. The lowest BCUT2D eigenvalue weighted by Crippen LogP contribution is -2.33. The molecule has 2 heterocycles. The molecule has 1 fully saturated rings. The Morgan fingerprint density at radius 3 is 2.50 bits per heavy atom. The summed E-state index contributed by atoms with van der Waals surface area (Å²) >= 11 is 0. The molecule has 36 heavy (non-hydrogen) atoms. The first kappa shape index (κ1) is 23.9. The maximum Gasteiger partial charge on any atom is 0.182 e. The highest BCUT2D eigenvalue weighted by Crippen LogP contribution is 2.32. The standard InChI is InChI=1S/C28H35N7O/c1-3-36-24-15-13-23(14-16-24)33-27-19(2)26(32-22-11-9-21(29)10-12-22)34-28-25(18-31-35(27)28)30-17-20-7-5-4-6-8-20/h4-8,13-16,18,21-22,30,33H,3,9-12,17,29H2,1-2H3,(H,32,34). The Labute approximate surface area is 212 Å². The van der Waals surface area contributed by atoms with Crippen LogP contribution in [0.2, 0.25) is 0 Å². The molecule has 0 unspecified atom stereocenters. The van der Waals surface area contributed by atoms with Crippen LogP contribution in [0, 0.1) is 6.92 Å². The molecule has 0 atom stereocenters. The Morgan fingerprint density at radius 2 is 1.78 bits per heavy atom. The van der Waals surface area contributed by atoms with Crippen molar-refractivity contribution in [3.63, 3.8) is 0 Å². The van der Waals surface area contributed by atoms with Crippen LogP contribution in [-0.4, -0.2) is 33.3 Å². The van der Waals surface area contributed by atoms with Gasteiger partial charge in [0.15, 0.2) is 5.65 Å². The van der Waals surface area contributed by atoms with Gasteiger partial charge in [-0.2, -0.15) is 9.61 Å². The van der Waals surface area contributed by atoms with Gasteiger partial charge >= 0.3 is 0 Å². The van der Waals surface area contributed by atoms with Crippen molar-refractivity contribution >= 4 is 28.7 Å². The monoisotopic (exact) mass is 485 g/mol. The van der Waals surface area contributed by atoms with E-state index in [0.717, 1.165) is 65.7 Å². The molecule has 0 bridgehead atoms. The normalized spacial score (nSPS) is 17.6. The van der Waals surface area contributed by atoms with E-state index in [2.05, 4.69) is 35.0 Å². The number of aromatic nitrogens is 3. The summed E-state index contributed by atoms with van der Waals surface area (Å²) in [4.78, 5) is 5.04. The summed E-state index contributed by atoms with van der Waals surface area (Å²) in [5.41, 5.74) is 11.0. The second kappa shape index (κ2) is 10.9. The van der Waals surface area contributed by atoms with Crippen molar-refractivity contribution in [1.29, 1.82) is 0 Å². The van der Waals surface area contributed by atoms with Crippen molar-refractivity contribution in [2.45, 2.75) is 58.2 Å². The third-order valence-corrected chi connectivity index (χ3v) is 6.75. The predicted octanol–water partition coefficient (Wildman–Crippen LogP) is 5.47. The summed E-state index contributed by atoms with van der Waals surface area (Å²) in [5, 5.41) is 15.5. The quantitative estimate of drug-likeness (QED) is 0.249. The first-order valence-electron chi connectivity index (χ1n) is 12.8. The van der Waals surface area contributed by atoms with Crippen LogP contribution in [0.1, 0.15) is 43.7 Å². The van der Waals surface area contributed by atoms with Crippen molar-refractivity contribution < 1.29 is 4.74 Å². The van der Waals surface area contributed by atoms with E-state index < -0.39 is 0 Å². The minimum atomic E-state index is 0.306. The Morgan fingerprint density at radius 1 is 1.03 bits per heavy atom. The van der Waals surface area contributed by atoms with Crippen LogP contribution in [-0.2, 0) is 6.54 Å². The summed E-state index contributed by atoms with van der Waals surface area (Å²) < 4.78 is 7.48. The van der Waals surface area contributed by atoms with Gasteiger partial charge in [-0.05, 0) is 69.4 Å². The molecule has 2 aromatic heterocycles. The van der Waals surface area contributed by atoms with E-state index in [-0.39, 0.29) is 0 Å². The van der Waals surface area contributed by atoms with E-state index in [1.54, 1.807) is 0 Å². The molecular formula is C28H35N7O. The smallest absolute Gasteiger partial charge is 0.182 e. The molecule has 0 spiro atoms. The molecule has 5 N–H and O–H groups in total. The number of benzene rings is 2. The molecule has 188 valence electrons. The number of nitrogens with one attached hydrogen (secondary N) is 3. The average molecular weight is 486 g/mol. The number of hydrogen-bond donors (Lipinski definition) is 4. The molecule has 1 aliphatic carbocycles. The van der Waals surface area contributed by atoms with Gasteiger partial charge in [-0.25, -0.2) is 4.98 Å². The van der Waals surface area contributed by atoms with Gasteiger partial charge in [0.2, 0.25) is 0 Å². The zero-order chi connectivity index (χ0) is 24.9. The Bertz CT molecular complexity index is 1280. The minimum absolute atomic E-state index is 0.306. The molecule has 2 aromatic carbocycles. The summed E-state index contributed by atoms with van der Waals surface area (Å²) in [6, 6.07) is 19.0. The van der Waals surface area contributed by atoms with Crippen molar-refractivity contribution in [2.24, 2.45) is 5.73 Å². The molecule has 0 amide bonds. The second-order valence-corrected chi connectivity index (χ2v) is 9.41. The molecule has 1 aliphatic rings.